The van der Waals surface area contributed by atoms with E-state index in [2.05, 4.69) is 10.3 Å². The van der Waals surface area contributed by atoms with Crippen LogP contribution in [0.4, 0.5) is 0 Å². The predicted molar refractivity (Wildman–Crippen MR) is 81.3 cm³/mol. The summed E-state index contributed by atoms with van der Waals surface area (Å²) in [6, 6.07) is 9.34. The van der Waals surface area contributed by atoms with Gasteiger partial charge in [-0.2, -0.15) is 0 Å². The highest BCUT2D eigenvalue weighted by Gasteiger charge is 2.44. The Morgan fingerprint density at radius 2 is 1.76 bits per heavy atom. The van der Waals surface area contributed by atoms with Crippen LogP contribution in [-0.4, -0.2) is 27.5 Å². The SMILES string of the molecule is CC(C)(NC(=O)c1cc2ccccc2[nH]1)C(C)(C)C(=O)O. The molecule has 1 aromatic heterocycles. The number of carbonyl (C=O) groups excluding carboxylic acids is 1. The van der Waals surface area contributed by atoms with Crippen molar-refractivity contribution in [1.82, 2.24) is 10.3 Å². The monoisotopic (exact) mass is 288 g/mol. The maximum absolute atomic E-state index is 12.4. The molecule has 0 saturated heterocycles. The molecule has 0 aliphatic carbocycles. The number of carboxylic acid groups (broad SMARTS) is 1. The van der Waals surface area contributed by atoms with Crippen molar-refractivity contribution < 1.29 is 14.7 Å². The largest absolute Gasteiger partial charge is 0.481 e. The second-order valence-electron chi connectivity index (χ2n) is 6.28. The minimum atomic E-state index is -1.09. The average molecular weight is 288 g/mol. The van der Waals surface area contributed by atoms with Gasteiger partial charge in [0.25, 0.3) is 5.91 Å². The van der Waals surface area contributed by atoms with Crippen LogP contribution in [0.2, 0.25) is 0 Å². The minimum absolute atomic E-state index is 0.314. The van der Waals surface area contributed by atoms with Crippen molar-refractivity contribution in [2.24, 2.45) is 5.41 Å². The number of para-hydroxylation sites is 1. The molecule has 1 aromatic carbocycles. The molecular weight excluding hydrogens is 268 g/mol. The molecule has 112 valence electrons. The summed E-state index contributed by atoms with van der Waals surface area (Å²) in [5, 5.41) is 13.1. The van der Waals surface area contributed by atoms with Crippen LogP contribution in [-0.2, 0) is 4.79 Å². The molecule has 21 heavy (non-hydrogen) atoms. The van der Waals surface area contributed by atoms with E-state index >= 15 is 0 Å². The molecule has 0 fully saturated rings. The van der Waals surface area contributed by atoms with Gasteiger partial charge in [0.2, 0.25) is 0 Å². The van der Waals surface area contributed by atoms with Gasteiger partial charge in [0.1, 0.15) is 5.69 Å². The zero-order chi connectivity index (χ0) is 15.8. The Morgan fingerprint density at radius 3 is 2.33 bits per heavy atom. The number of carboxylic acids is 1. The number of H-pyrrole nitrogens is 1. The zero-order valence-corrected chi connectivity index (χ0v) is 12.7. The molecule has 0 radical (unpaired) electrons. The molecule has 2 aromatic rings. The van der Waals surface area contributed by atoms with Crippen LogP contribution in [0, 0.1) is 5.41 Å². The molecule has 0 saturated carbocycles. The highest BCUT2D eigenvalue weighted by molar-refractivity contribution is 5.98. The van der Waals surface area contributed by atoms with Gasteiger partial charge in [-0.15, -0.1) is 0 Å². The minimum Gasteiger partial charge on any atom is -0.481 e. The summed E-state index contributed by atoms with van der Waals surface area (Å²) in [5.74, 6) is -1.27. The molecule has 0 atom stereocenters. The second-order valence-corrected chi connectivity index (χ2v) is 6.28. The van der Waals surface area contributed by atoms with E-state index in [9.17, 15) is 14.7 Å². The third kappa shape index (κ3) is 2.63. The van der Waals surface area contributed by atoms with Crippen LogP contribution >= 0.6 is 0 Å². The van der Waals surface area contributed by atoms with Gasteiger partial charge >= 0.3 is 5.97 Å². The summed E-state index contributed by atoms with van der Waals surface area (Å²) >= 11 is 0. The van der Waals surface area contributed by atoms with E-state index in [1.165, 1.54) is 0 Å². The number of aliphatic carboxylic acids is 1. The zero-order valence-electron chi connectivity index (χ0n) is 12.7. The second kappa shape index (κ2) is 4.91. The summed E-state index contributed by atoms with van der Waals surface area (Å²) in [6.45, 7) is 6.62. The fourth-order valence-corrected chi connectivity index (χ4v) is 1.97. The lowest BCUT2D eigenvalue weighted by atomic mass is 9.74. The lowest BCUT2D eigenvalue weighted by Gasteiger charge is -2.38. The first kappa shape index (κ1) is 15.1. The van der Waals surface area contributed by atoms with E-state index < -0.39 is 16.9 Å². The molecule has 0 aliphatic heterocycles. The van der Waals surface area contributed by atoms with E-state index in [1.807, 2.05) is 24.3 Å². The maximum Gasteiger partial charge on any atom is 0.311 e. The standard InChI is InChI=1S/C16H20N2O3/c1-15(2,14(20)21)16(3,4)18-13(19)12-9-10-7-5-6-8-11(10)17-12/h5-9,17H,1-4H3,(H,18,19)(H,20,21). The third-order valence-electron chi connectivity index (χ3n) is 4.30. The number of carbonyl (C=O) groups is 2. The molecule has 2 rings (SSSR count). The molecule has 1 heterocycles. The third-order valence-corrected chi connectivity index (χ3v) is 4.30. The van der Waals surface area contributed by atoms with Crippen molar-refractivity contribution >= 4 is 22.8 Å². The lowest BCUT2D eigenvalue weighted by Crippen LogP contribution is -2.57. The van der Waals surface area contributed by atoms with E-state index in [1.54, 1.807) is 33.8 Å². The highest BCUT2D eigenvalue weighted by Crippen LogP contribution is 2.31. The van der Waals surface area contributed by atoms with E-state index in [4.69, 9.17) is 0 Å². The van der Waals surface area contributed by atoms with Gasteiger partial charge in [-0.1, -0.05) is 18.2 Å². The first-order valence-electron chi connectivity index (χ1n) is 6.79. The van der Waals surface area contributed by atoms with Gasteiger partial charge in [0.15, 0.2) is 0 Å². The number of aromatic nitrogens is 1. The molecule has 5 heteroatoms. The molecule has 0 aliphatic rings. The summed E-state index contributed by atoms with van der Waals surface area (Å²) in [7, 11) is 0. The van der Waals surface area contributed by atoms with Crippen LogP contribution in [0.5, 0.6) is 0 Å². The quantitative estimate of drug-likeness (QED) is 0.809. The number of aromatic amines is 1. The number of hydrogen-bond donors (Lipinski definition) is 3. The molecule has 0 unspecified atom stereocenters. The number of hydrogen-bond acceptors (Lipinski definition) is 2. The first-order chi connectivity index (χ1) is 9.65. The van der Waals surface area contributed by atoms with Gasteiger partial charge < -0.3 is 15.4 Å². The maximum atomic E-state index is 12.4. The van der Waals surface area contributed by atoms with Crippen LogP contribution in [0.15, 0.2) is 30.3 Å². The average Bonchev–Trinajstić information content (AvgIpc) is 2.81. The van der Waals surface area contributed by atoms with E-state index in [0.717, 1.165) is 10.9 Å². The summed E-state index contributed by atoms with van der Waals surface area (Å²) in [6.07, 6.45) is 0. The Morgan fingerprint density at radius 1 is 1.14 bits per heavy atom. The van der Waals surface area contributed by atoms with Crippen molar-refractivity contribution in [3.63, 3.8) is 0 Å². The molecule has 5 nitrogen and oxygen atoms in total. The Hall–Kier alpha value is -2.30. The predicted octanol–water partition coefficient (Wildman–Crippen LogP) is 2.79. The normalized spacial score (nSPS) is 12.4. The highest BCUT2D eigenvalue weighted by atomic mass is 16.4. The van der Waals surface area contributed by atoms with Gasteiger partial charge in [-0.05, 0) is 39.8 Å². The van der Waals surface area contributed by atoms with Gasteiger partial charge in [0.05, 0.1) is 11.0 Å². The number of rotatable bonds is 4. The van der Waals surface area contributed by atoms with Gasteiger partial charge in [-0.25, -0.2) is 0 Å². The van der Waals surface area contributed by atoms with Crippen LogP contribution in [0.1, 0.15) is 38.2 Å². The summed E-state index contributed by atoms with van der Waals surface area (Å²) < 4.78 is 0. The Balaban J connectivity index is 2.26. The molecule has 1 amide bonds. The Kier molecular flexibility index (Phi) is 3.53. The Bertz CT molecular complexity index is 665. The van der Waals surface area contributed by atoms with Crippen LogP contribution < -0.4 is 5.32 Å². The molecule has 3 N–H and O–H groups in total. The number of amides is 1. The van der Waals surface area contributed by atoms with E-state index in [-0.39, 0.29) is 5.91 Å². The smallest absolute Gasteiger partial charge is 0.311 e. The van der Waals surface area contributed by atoms with Crippen LogP contribution in [0.25, 0.3) is 10.9 Å². The molecule has 0 spiro atoms. The fourth-order valence-electron chi connectivity index (χ4n) is 1.97. The number of benzene rings is 1. The molecular formula is C16H20N2O3. The number of nitrogens with one attached hydrogen (secondary N) is 2. The van der Waals surface area contributed by atoms with E-state index in [0.29, 0.717) is 5.69 Å². The summed E-state index contributed by atoms with van der Waals surface area (Å²) in [5.41, 5.74) is -0.689. The van der Waals surface area contributed by atoms with Crippen molar-refractivity contribution in [2.75, 3.05) is 0 Å². The topological polar surface area (TPSA) is 82.2 Å². The van der Waals surface area contributed by atoms with Crippen LogP contribution in [0.3, 0.4) is 0 Å². The summed E-state index contributed by atoms with van der Waals surface area (Å²) in [4.78, 5) is 26.8. The number of fused-ring (bicyclic) bond motifs is 1. The van der Waals surface area contributed by atoms with Gasteiger partial charge in [-0.3, -0.25) is 9.59 Å². The Labute approximate surface area is 123 Å². The first-order valence-corrected chi connectivity index (χ1v) is 6.79. The lowest BCUT2D eigenvalue weighted by molar-refractivity contribution is -0.150. The van der Waals surface area contributed by atoms with Gasteiger partial charge in [0, 0.05) is 10.9 Å². The van der Waals surface area contributed by atoms with Crippen molar-refractivity contribution in [3.8, 4) is 0 Å². The van der Waals surface area contributed by atoms with Crippen molar-refractivity contribution in [1.29, 1.82) is 0 Å². The molecule has 0 bridgehead atoms. The van der Waals surface area contributed by atoms with Crippen molar-refractivity contribution in [3.05, 3.63) is 36.0 Å². The fraction of sp³-hybridized carbons (Fsp3) is 0.375. The van der Waals surface area contributed by atoms with Crippen molar-refractivity contribution in [2.45, 2.75) is 33.2 Å².